The van der Waals surface area contributed by atoms with E-state index in [1.807, 2.05) is 7.85 Å². The zero-order chi connectivity index (χ0) is 14.4. The van der Waals surface area contributed by atoms with Crippen molar-refractivity contribution in [2.45, 2.75) is 43.4 Å². The van der Waals surface area contributed by atoms with Gasteiger partial charge in [0.25, 0.3) is 0 Å². The van der Waals surface area contributed by atoms with Crippen molar-refractivity contribution in [3.63, 3.8) is 0 Å². The van der Waals surface area contributed by atoms with E-state index in [0.717, 1.165) is 12.3 Å². The normalized spacial score (nSPS) is 47.7. The van der Waals surface area contributed by atoms with Gasteiger partial charge >= 0.3 is 0 Å². The van der Waals surface area contributed by atoms with Gasteiger partial charge in [0.05, 0.1) is 11.9 Å². The fraction of sp³-hybridized carbons (Fsp3) is 0.846. The molecular weight excluding hydrogens is 277 g/mol. The quantitative estimate of drug-likeness (QED) is 0.556. The molecule has 0 spiro atoms. The van der Waals surface area contributed by atoms with Crippen LogP contribution >= 0.6 is 15.1 Å². The van der Waals surface area contributed by atoms with E-state index in [1.54, 1.807) is 6.92 Å². The molecule has 0 amide bonds. The average molecular weight is 304 g/mol. The summed E-state index contributed by atoms with van der Waals surface area (Å²) in [7, 11) is 0.767. The Bertz CT molecular complexity index is 413. The fourth-order valence-electron chi connectivity index (χ4n) is 3.36. The Labute approximate surface area is 118 Å². The van der Waals surface area contributed by atoms with Crippen LogP contribution in [0.1, 0.15) is 20.3 Å². The van der Waals surface area contributed by atoms with Crippen LogP contribution in [0, 0.1) is 5.92 Å². The number of hydrogen-bond donors (Lipinski definition) is 2. The molecule has 0 saturated heterocycles. The van der Waals surface area contributed by atoms with Crippen LogP contribution in [0.15, 0.2) is 0 Å². The standard InChI is InChI=1S/C13H27BO3P2/c1-5-18(3)8-19(4)7-17-13-6-9(13)10(14)12(2,16)11(13)15/h9-11,15-16,18-19H,3-8,14H2,1-2H3/t9-,10-,11+,12+,13?/m1/s1. The van der Waals surface area contributed by atoms with E-state index in [-0.39, 0.29) is 5.82 Å². The topological polar surface area (TPSA) is 49.7 Å². The lowest BCUT2D eigenvalue weighted by molar-refractivity contribution is -0.114. The summed E-state index contributed by atoms with van der Waals surface area (Å²) in [5.41, 5.74) is -1.49. The van der Waals surface area contributed by atoms with Gasteiger partial charge in [-0.2, -0.15) is 0 Å². The van der Waals surface area contributed by atoms with Crippen LogP contribution in [0.25, 0.3) is 0 Å². The third-order valence-corrected chi connectivity index (χ3v) is 10.6. The van der Waals surface area contributed by atoms with E-state index in [0.29, 0.717) is 12.3 Å². The summed E-state index contributed by atoms with van der Waals surface area (Å²) >= 11 is 0. The molecule has 0 aliphatic heterocycles. The molecule has 0 heterocycles. The van der Waals surface area contributed by atoms with Crippen molar-refractivity contribution in [1.82, 2.24) is 0 Å². The largest absolute Gasteiger partial charge is 0.388 e. The molecule has 0 bridgehead atoms. The van der Waals surface area contributed by atoms with Crippen LogP contribution in [-0.4, -0.2) is 66.4 Å². The smallest absolute Gasteiger partial charge is 0.111 e. The number of aliphatic hydroxyl groups is 2. The van der Waals surface area contributed by atoms with Gasteiger partial charge in [0.1, 0.15) is 19.6 Å². The molecule has 3 nitrogen and oxygen atoms in total. The summed E-state index contributed by atoms with van der Waals surface area (Å²) in [4.78, 5) is 0. The molecule has 0 radical (unpaired) electrons. The van der Waals surface area contributed by atoms with Crippen LogP contribution in [0.5, 0.6) is 0 Å². The predicted molar refractivity (Wildman–Crippen MR) is 92.0 cm³/mol. The van der Waals surface area contributed by atoms with Crippen molar-refractivity contribution < 1.29 is 14.9 Å². The van der Waals surface area contributed by atoms with Gasteiger partial charge in [0, 0.05) is 0 Å². The van der Waals surface area contributed by atoms with Crippen molar-refractivity contribution in [1.29, 1.82) is 0 Å². The molecule has 7 atom stereocenters. The van der Waals surface area contributed by atoms with Crippen LogP contribution in [-0.2, 0) is 4.74 Å². The van der Waals surface area contributed by atoms with Gasteiger partial charge in [-0.15, -0.1) is 20.1 Å². The lowest BCUT2D eigenvalue weighted by Crippen LogP contribution is -2.46. The monoisotopic (exact) mass is 304 g/mol. The average Bonchev–Trinajstić information content (AvgIpc) is 3.06. The summed E-state index contributed by atoms with van der Waals surface area (Å²) in [6, 6.07) is 0. The minimum atomic E-state index is -1.01. The Balaban J connectivity index is 1.92. The Morgan fingerprint density at radius 2 is 2.05 bits per heavy atom. The molecule has 2 N–H and O–H groups in total. The van der Waals surface area contributed by atoms with Crippen molar-refractivity contribution in [3.8, 4) is 0 Å². The van der Waals surface area contributed by atoms with Crippen molar-refractivity contribution in [2.75, 3.05) is 18.4 Å². The van der Waals surface area contributed by atoms with Gasteiger partial charge in [-0.1, -0.05) is 14.5 Å². The van der Waals surface area contributed by atoms with Gasteiger partial charge in [0.15, 0.2) is 0 Å². The zero-order valence-corrected chi connectivity index (χ0v) is 14.3. The van der Waals surface area contributed by atoms with Crippen molar-refractivity contribution >= 4 is 35.5 Å². The molecule has 3 unspecified atom stereocenters. The molecule has 2 aliphatic carbocycles. The Hall–Kier alpha value is 0.545. The van der Waals surface area contributed by atoms with Crippen LogP contribution in [0.2, 0.25) is 5.82 Å². The number of hydrogen-bond acceptors (Lipinski definition) is 3. The highest BCUT2D eigenvalue weighted by Crippen LogP contribution is 2.66. The minimum absolute atomic E-state index is 0.103. The fourth-order valence-corrected chi connectivity index (χ4v) is 8.07. The molecular formula is C13H27BO3P2. The highest BCUT2D eigenvalue weighted by Gasteiger charge is 2.74. The first kappa shape index (κ1) is 15.9. The molecule has 110 valence electrons. The van der Waals surface area contributed by atoms with E-state index >= 15 is 0 Å². The second-order valence-corrected chi connectivity index (χ2v) is 11.9. The highest BCUT2D eigenvalue weighted by molar-refractivity contribution is 7.72. The summed E-state index contributed by atoms with van der Waals surface area (Å²) in [5, 5.41) is 20.6. The van der Waals surface area contributed by atoms with Gasteiger partial charge in [-0.25, -0.2) is 0 Å². The summed E-state index contributed by atoms with van der Waals surface area (Å²) < 4.78 is 6.05. The van der Waals surface area contributed by atoms with Gasteiger partial charge in [-0.05, 0) is 37.1 Å². The Morgan fingerprint density at radius 3 is 2.53 bits per heavy atom. The summed E-state index contributed by atoms with van der Waals surface area (Å²) in [6.07, 6.45) is 10.4. The Kier molecular flexibility index (Phi) is 4.52. The molecule has 0 aromatic rings. The second kappa shape index (κ2) is 5.39. The number of ether oxygens (including phenoxy) is 1. The highest BCUT2D eigenvalue weighted by atomic mass is 31.2. The maximum Gasteiger partial charge on any atom is 0.111 e. The van der Waals surface area contributed by atoms with E-state index in [4.69, 9.17) is 4.74 Å². The molecule has 19 heavy (non-hydrogen) atoms. The predicted octanol–water partition coefficient (Wildman–Crippen LogP) is 0.536. The summed E-state index contributed by atoms with van der Waals surface area (Å²) in [5.74, 6) is 1.56. The number of rotatable bonds is 6. The molecule has 0 aromatic heterocycles. The van der Waals surface area contributed by atoms with Crippen LogP contribution in [0.4, 0.5) is 0 Å². The summed E-state index contributed by atoms with van der Waals surface area (Å²) in [6.45, 7) is 3.91. The van der Waals surface area contributed by atoms with Gasteiger partial charge in [0.2, 0.25) is 0 Å². The molecule has 0 aromatic carbocycles. The second-order valence-electron chi connectivity index (χ2n) is 6.50. The van der Waals surface area contributed by atoms with Gasteiger partial charge in [-0.3, -0.25) is 0 Å². The molecule has 2 saturated carbocycles. The third kappa shape index (κ3) is 2.68. The first-order valence-electron chi connectivity index (χ1n) is 7.13. The maximum absolute atomic E-state index is 10.3. The first-order valence-corrected chi connectivity index (χ1v) is 11.4. The number of aliphatic hydroxyl groups excluding tert-OH is 1. The van der Waals surface area contributed by atoms with E-state index in [2.05, 4.69) is 19.5 Å². The SMILES string of the molecule is B[C@@H]1[C@H]2CC2(OC[PH](=C)C[PH](=C)CC)[C@@H](O)[C@@]1(C)O. The number of fused-ring (bicyclic) bond motifs is 1. The van der Waals surface area contributed by atoms with E-state index in [9.17, 15) is 10.2 Å². The molecule has 2 rings (SSSR count). The molecule has 6 heteroatoms. The van der Waals surface area contributed by atoms with E-state index < -0.39 is 32.4 Å². The lowest BCUT2D eigenvalue weighted by Gasteiger charge is -2.32. The van der Waals surface area contributed by atoms with Crippen LogP contribution < -0.4 is 0 Å². The first-order chi connectivity index (χ1) is 8.75. The maximum atomic E-state index is 10.3. The van der Waals surface area contributed by atoms with Crippen molar-refractivity contribution in [2.24, 2.45) is 5.92 Å². The minimum Gasteiger partial charge on any atom is -0.388 e. The Morgan fingerprint density at radius 1 is 1.42 bits per heavy atom. The lowest BCUT2D eigenvalue weighted by atomic mass is 9.73. The van der Waals surface area contributed by atoms with Crippen LogP contribution in [0.3, 0.4) is 0 Å². The van der Waals surface area contributed by atoms with Gasteiger partial charge < -0.3 is 14.9 Å². The van der Waals surface area contributed by atoms with Crippen molar-refractivity contribution in [3.05, 3.63) is 0 Å². The zero-order valence-electron chi connectivity index (χ0n) is 12.3. The molecule has 2 aliphatic rings. The molecule has 2 fully saturated rings. The third-order valence-electron chi connectivity index (χ3n) is 5.09. The van der Waals surface area contributed by atoms with E-state index in [1.165, 1.54) is 6.16 Å².